The molecule has 6 heteroatoms. The maximum atomic E-state index is 5.50. The number of ether oxygens (including phenoxy) is 2. The van der Waals surface area contributed by atoms with Gasteiger partial charge in [0.05, 0.1) is 20.3 Å². The van der Waals surface area contributed by atoms with Crippen molar-refractivity contribution >= 4 is 5.95 Å². The highest BCUT2D eigenvalue weighted by atomic mass is 16.5. The molecule has 1 aromatic rings. The predicted octanol–water partition coefficient (Wildman–Crippen LogP) is 2.10. The molecule has 1 saturated carbocycles. The van der Waals surface area contributed by atoms with Crippen LogP contribution in [0.25, 0.3) is 0 Å². The van der Waals surface area contributed by atoms with Gasteiger partial charge in [0.1, 0.15) is 0 Å². The predicted molar refractivity (Wildman–Crippen MR) is 89.9 cm³/mol. The van der Waals surface area contributed by atoms with Gasteiger partial charge >= 0.3 is 0 Å². The number of rotatable bonds is 5. The van der Waals surface area contributed by atoms with Gasteiger partial charge in [0, 0.05) is 37.4 Å². The quantitative estimate of drug-likeness (QED) is 0.896. The molecule has 128 valence electrons. The molecule has 1 aromatic heterocycles. The van der Waals surface area contributed by atoms with Crippen LogP contribution in [0.15, 0.2) is 6.07 Å². The van der Waals surface area contributed by atoms with E-state index in [-0.39, 0.29) is 0 Å². The molecular weight excluding hydrogens is 292 g/mol. The maximum Gasteiger partial charge on any atom is 0.226 e. The molecule has 2 fully saturated rings. The summed E-state index contributed by atoms with van der Waals surface area (Å²) in [4.78, 5) is 11.5. The van der Waals surface area contributed by atoms with E-state index in [2.05, 4.69) is 20.2 Å². The fourth-order valence-corrected chi connectivity index (χ4v) is 3.76. The molecule has 6 nitrogen and oxygen atoms in total. The number of aryl methyl sites for hydroxylation is 1. The van der Waals surface area contributed by atoms with E-state index in [1.165, 1.54) is 25.7 Å². The average molecular weight is 320 g/mol. The Morgan fingerprint density at radius 2 is 2.04 bits per heavy atom. The van der Waals surface area contributed by atoms with Crippen molar-refractivity contribution in [3.8, 4) is 5.88 Å². The first-order valence-electron chi connectivity index (χ1n) is 8.71. The van der Waals surface area contributed by atoms with Gasteiger partial charge in [0.15, 0.2) is 0 Å². The first-order chi connectivity index (χ1) is 11.3. The number of morpholine rings is 1. The van der Waals surface area contributed by atoms with Crippen LogP contribution in [0, 0.1) is 12.8 Å². The summed E-state index contributed by atoms with van der Waals surface area (Å²) in [6.07, 6.45) is 5.24. The van der Waals surface area contributed by atoms with E-state index in [1.54, 1.807) is 7.11 Å². The number of hydrogen-bond acceptors (Lipinski definition) is 6. The second kappa shape index (κ2) is 7.93. The third kappa shape index (κ3) is 4.32. The molecule has 0 unspecified atom stereocenters. The van der Waals surface area contributed by atoms with Gasteiger partial charge in [-0.3, -0.25) is 4.90 Å². The SMILES string of the molecule is COc1cc(C)nc(NC[C@@H]2CCCC[C@@H]2N2CCOCC2)n1. The highest BCUT2D eigenvalue weighted by molar-refractivity contribution is 5.30. The van der Waals surface area contributed by atoms with Gasteiger partial charge < -0.3 is 14.8 Å². The Labute approximate surface area is 138 Å². The van der Waals surface area contributed by atoms with Crippen molar-refractivity contribution in [3.05, 3.63) is 11.8 Å². The molecule has 0 aromatic carbocycles. The van der Waals surface area contributed by atoms with Gasteiger partial charge in [0.25, 0.3) is 0 Å². The number of anilines is 1. The van der Waals surface area contributed by atoms with Crippen LogP contribution in [0.3, 0.4) is 0 Å². The van der Waals surface area contributed by atoms with Gasteiger partial charge in [-0.2, -0.15) is 4.98 Å². The number of hydrogen-bond donors (Lipinski definition) is 1. The molecule has 1 aliphatic heterocycles. The summed E-state index contributed by atoms with van der Waals surface area (Å²) in [6.45, 7) is 6.76. The van der Waals surface area contributed by atoms with Crippen LogP contribution in [0.1, 0.15) is 31.4 Å². The molecule has 0 spiro atoms. The third-order valence-corrected chi connectivity index (χ3v) is 4.95. The zero-order valence-electron chi connectivity index (χ0n) is 14.3. The normalized spacial score (nSPS) is 26.0. The van der Waals surface area contributed by atoms with Crippen molar-refractivity contribution in [2.45, 2.75) is 38.6 Å². The summed E-state index contributed by atoms with van der Waals surface area (Å²) in [6, 6.07) is 2.51. The van der Waals surface area contributed by atoms with Crippen LogP contribution < -0.4 is 10.1 Å². The van der Waals surface area contributed by atoms with E-state index < -0.39 is 0 Å². The van der Waals surface area contributed by atoms with E-state index in [4.69, 9.17) is 9.47 Å². The zero-order valence-corrected chi connectivity index (χ0v) is 14.3. The number of methoxy groups -OCH3 is 1. The molecule has 1 aliphatic carbocycles. The minimum atomic E-state index is 0.619. The molecule has 2 heterocycles. The van der Waals surface area contributed by atoms with Crippen LogP contribution >= 0.6 is 0 Å². The molecule has 1 saturated heterocycles. The molecule has 3 rings (SSSR count). The van der Waals surface area contributed by atoms with E-state index in [0.29, 0.717) is 23.8 Å². The van der Waals surface area contributed by atoms with Crippen molar-refractivity contribution in [3.63, 3.8) is 0 Å². The Bertz CT molecular complexity index is 505. The second-order valence-corrected chi connectivity index (χ2v) is 6.52. The first kappa shape index (κ1) is 16.5. The van der Waals surface area contributed by atoms with E-state index in [1.807, 2.05) is 13.0 Å². The van der Waals surface area contributed by atoms with E-state index in [0.717, 1.165) is 38.5 Å². The summed E-state index contributed by atoms with van der Waals surface area (Å²) in [5.41, 5.74) is 0.924. The average Bonchev–Trinajstić information content (AvgIpc) is 2.60. The Balaban J connectivity index is 1.61. The van der Waals surface area contributed by atoms with Crippen molar-refractivity contribution in [1.82, 2.24) is 14.9 Å². The van der Waals surface area contributed by atoms with Gasteiger partial charge in [-0.15, -0.1) is 0 Å². The van der Waals surface area contributed by atoms with E-state index >= 15 is 0 Å². The molecule has 2 atom stereocenters. The second-order valence-electron chi connectivity index (χ2n) is 6.52. The minimum Gasteiger partial charge on any atom is -0.481 e. The lowest BCUT2D eigenvalue weighted by Gasteiger charge is -2.41. The minimum absolute atomic E-state index is 0.619. The van der Waals surface area contributed by atoms with Gasteiger partial charge in [-0.25, -0.2) is 4.98 Å². The van der Waals surface area contributed by atoms with Gasteiger partial charge in [-0.1, -0.05) is 12.8 Å². The van der Waals surface area contributed by atoms with Crippen LogP contribution in [0.5, 0.6) is 5.88 Å². The maximum absolute atomic E-state index is 5.50. The molecule has 0 radical (unpaired) electrons. The fraction of sp³-hybridized carbons (Fsp3) is 0.765. The Hall–Kier alpha value is -1.40. The molecular formula is C17H28N4O2. The number of nitrogens with zero attached hydrogens (tertiary/aromatic N) is 3. The fourth-order valence-electron chi connectivity index (χ4n) is 3.76. The first-order valence-corrected chi connectivity index (χ1v) is 8.71. The topological polar surface area (TPSA) is 59.5 Å². The van der Waals surface area contributed by atoms with Crippen molar-refractivity contribution < 1.29 is 9.47 Å². The Morgan fingerprint density at radius 1 is 1.26 bits per heavy atom. The molecule has 0 amide bonds. The molecule has 2 aliphatic rings. The summed E-state index contributed by atoms with van der Waals surface area (Å²) < 4.78 is 10.7. The van der Waals surface area contributed by atoms with Crippen LogP contribution in [0.4, 0.5) is 5.95 Å². The van der Waals surface area contributed by atoms with Crippen LogP contribution in [-0.2, 0) is 4.74 Å². The van der Waals surface area contributed by atoms with Gasteiger partial charge in [0.2, 0.25) is 11.8 Å². The summed E-state index contributed by atoms with van der Waals surface area (Å²) in [5, 5.41) is 3.44. The summed E-state index contributed by atoms with van der Waals surface area (Å²) in [7, 11) is 1.64. The van der Waals surface area contributed by atoms with Crippen molar-refractivity contribution in [1.29, 1.82) is 0 Å². The molecule has 23 heavy (non-hydrogen) atoms. The van der Waals surface area contributed by atoms with Crippen LogP contribution in [0.2, 0.25) is 0 Å². The number of nitrogens with one attached hydrogen (secondary N) is 1. The van der Waals surface area contributed by atoms with Crippen LogP contribution in [-0.4, -0.2) is 60.9 Å². The lowest BCUT2D eigenvalue weighted by atomic mass is 9.83. The molecule has 1 N–H and O–H groups in total. The largest absolute Gasteiger partial charge is 0.481 e. The van der Waals surface area contributed by atoms with Crippen molar-refractivity contribution in [2.24, 2.45) is 5.92 Å². The van der Waals surface area contributed by atoms with E-state index in [9.17, 15) is 0 Å². The lowest BCUT2D eigenvalue weighted by molar-refractivity contribution is -0.00542. The smallest absolute Gasteiger partial charge is 0.226 e. The number of aromatic nitrogens is 2. The highest BCUT2D eigenvalue weighted by Crippen LogP contribution is 2.29. The van der Waals surface area contributed by atoms with Crippen molar-refractivity contribution in [2.75, 3.05) is 45.3 Å². The zero-order chi connectivity index (χ0) is 16.1. The Kier molecular flexibility index (Phi) is 5.67. The molecule has 0 bridgehead atoms. The highest BCUT2D eigenvalue weighted by Gasteiger charge is 2.30. The van der Waals surface area contributed by atoms with Gasteiger partial charge in [-0.05, 0) is 25.7 Å². The Morgan fingerprint density at radius 3 is 2.83 bits per heavy atom. The lowest BCUT2D eigenvalue weighted by Crippen LogP contribution is -2.49. The summed E-state index contributed by atoms with van der Waals surface area (Å²) >= 11 is 0. The third-order valence-electron chi connectivity index (χ3n) is 4.95. The monoisotopic (exact) mass is 320 g/mol. The summed E-state index contributed by atoms with van der Waals surface area (Å²) in [5.74, 6) is 1.94. The standard InChI is InChI=1S/C17H28N4O2/c1-13-11-16(22-2)20-17(19-13)18-12-14-5-3-4-6-15(14)21-7-9-23-10-8-21/h11,14-15H,3-10,12H2,1-2H3,(H,18,19,20)/t14-,15-/m0/s1.